The molecule has 0 aromatic carbocycles. The Kier molecular flexibility index (Phi) is 24.0. The van der Waals surface area contributed by atoms with E-state index >= 15 is 0 Å². The number of Topliss-reactive ketones (excluding diaryl/α,β-unsaturated/α-hetero) is 6. The van der Waals surface area contributed by atoms with Crippen molar-refractivity contribution < 1.29 is 43.9 Å². The fraction of sp³-hybridized carbons (Fsp3) is 0.778. The Morgan fingerprint density at radius 2 is 0.850 bits per heavy atom. The third-order valence-corrected chi connectivity index (χ3v) is 6.05. The van der Waals surface area contributed by atoms with Crippen molar-refractivity contribution in [1.82, 2.24) is 5.48 Å². The van der Waals surface area contributed by atoms with Crippen LogP contribution in [0, 0.1) is 10.1 Å². The molecule has 0 aliphatic rings. The van der Waals surface area contributed by atoms with Gasteiger partial charge >= 0.3 is 0 Å². The number of hydrogen-bond acceptors (Lipinski definition) is 12. The molecule has 0 bridgehead atoms. The molecule has 0 aromatic heterocycles. The molecular weight excluding hydrogens is 526 g/mol. The molecule has 0 heterocycles. The molecule has 40 heavy (non-hydrogen) atoms. The predicted octanol–water partition coefficient (Wildman–Crippen LogP) is 3.51. The normalized spacial score (nSPS) is 10.8. The van der Waals surface area contributed by atoms with E-state index in [0.29, 0.717) is 77.0 Å². The summed E-state index contributed by atoms with van der Waals surface area (Å²) in [6.07, 6.45) is 4.97. The molecule has 0 saturated carbocycles. The van der Waals surface area contributed by atoms with Crippen LogP contribution in [0.25, 0.3) is 0 Å². The molecule has 0 aliphatic carbocycles. The van der Waals surface area contributed by atoms with Crippen LogP contribution in [0.1, 0.15) is 119 Å². The second-order valence-electron chi connectivity index (χ2n) is 10.5. The Balaban J connectivity index is -0.000000605. The van der Waals surface area contributed by atoms with Crippen molar-refractivity contribution in [2.24, 2.45) is 5.73 Å². The van der Waals surface area contributed by atoms with E-state index in [1.165, 1.54) is 41.5 Å². The summed E-state index contributed by atoms with van der Waals surface area (Å²) >= 11 is 0. The Hall–Kier alpha value is -2.74. The van der Waals surface area contributed by atoms with Crippen molar-refractivity contribution in [3.63, 3.8) is 0 Å². The largest absolute Gasteiger partial charge is 0.325 e. The molecule has 0 amide bonds. The van der Waals surface area contributed by atoms with Gasteiger partial charge in [-0.2, -0.15) is 5.48 Å². The Morgan fingerprint density at radius 3 is 1.02 bits per heavy atom. The van der Waals surface area contributed by atoms with Crippen LogP contribution in [0.4, 0.5) is 0 Å². The van der Waals surface area contributed by atoms with Gasteiger partial charge in [0.15, 0.2) is 7.05 Å². The molecule has 13 nitrogen and oxygen atoms in total. The molecule has 232 valence electrons. The van der Waals surface area contributed by atoms with E-state index in [1.807, 2.05) is 0 Å². The van der Waals surface area contributed by atoms with Crippen molar-refractivity contribution in [3.05, 3.63) is 10.1 Å². The zero-order valence-corrected chi connectivity index (χ0v) is 25.1. The quantitative estimate of drug-likeness (QED) is 0.108. The van der Waals surface area contributed by atoms with E-state index in [-0.39, 0.29) is 34.7 Å². The van der Waals surface area contributed by atoms with E-state index in [9.17, 15) is 28.8 Å². The van der Waals surface area contributed by atoms with Crippen molar-refractivity contribution in [3.8, 4) is 0 Å². The molecule has 13 heteroatoms. The number of nitrogens with zero attached hydrogens (tertiary/aromatic N) is 1. The fourth-order valence-electron chi connectivity index (χ4n) is 3.52. The minimum atomic E-state index is -0.738. The molecule has 0 radical (unpaired) electrons. The number of rotatable bonds is 20. The van der Waals surface area contributed by atoms with Gasteiger partial charge < -0.3 is 34.5 Å². The van der Waals surface area contributed by atoms with Crippen molar-refractivity contribution in [1.29, 1.82) is 0 Å². The monoisotopic (exact) mass is 575 g/mol. The molecule has 0 spiro atoms. The second kappa shape index (κ2) is 23.0. The number of hydrogen-bond donors (Lipinski definition) is 3. The number of nitrogens with one attached hydrogen (secondary N) is 1. The SMILES string of the molecule is CC(=O)CCC(CCC(C)=O)(CCC(C)=O)NOO.CC(=O)CCC(N)(CCC(C)=O)CCC(C)=O.C[N+](=O)[O-]. The maximum atomic E-state index is 11.1. The highest BCUT2D eigenvalue weighted by molar-refractivity contribution is 5.78. The molecule has 0 atom stereocenters. The number of nitrogens with two attached hydrogens (primary N) is 1. The Bertz CT molecular complexity index is 747. The first-order valence-corrected chi connectivity index (χ1v) is 13.2. The lowest BCUT2D eigenvalue weighted by atomic mass is 9.83. The third-order valence-electron chi connectivity index (χ3n) is 6.05. The van der Waals surface area contributed by atoms with Gasteiger partial charge in [-0.25, -0.2) is 5.26 Å². The first kappa shape index (κ1) is 41.7. The summed E-state index contributed by atoms with van der Waals surface area (Å²) < 4.78 is 0. The Morgan fingerprint density at radius 1 is 0.650 bits per heavy atom. The van der Waals surface area contributed by atoms with Crippen LogP contribution in [-0.2, 0) is 33.8 Å². The maximum absolute atomic E-state index is 11.1. The van der Waals surface area contributed by atoms with Crippen molar-refractivity contribution >= 4 is 34.7 Å². The number of ketones is 6. The Labute approximate surface area is 237 Å². The van der Waals surface area contributed by atoms with E-state index in [2.05, 4.69) is 10.5 Å². The summed E-state index contributed by atoms with van der Waals surface area (Å²) in [7, 11) is 0.889. The van der Waals surface area contributed by atoms with Crippen LogP contribution in [0.5, 0.6) is 0 Å². The zero-order valence-electron chi connectivity index (χ0n) is 25.1. The van der Waals surface area contributed by atoms with Gasteiger partial charge in [-0.15, -0.1) is 4.99 Å². The maximum Gasteiger partial charge on any atom is 0.194 e. The number of nitro groups is 1. The predicted molar refractivity (Wildman–Crippen MR) is 149 cm³/mol. The lowest BCUT2D eigenvalue weighted by molar-refractivity contribution is -0.445. The van der Waals surface area contributed by atoms with Gasteiger partial charge in [-0.1, -0.05) is 0 Å². The summed E-state index contributed by atoms with van der Waals surface area (Å²) in [6.45, 7) is 8.99. The smallest absolute Gasteiger partial charge is 0.194 e. The summed E-state index contributed by atoms with van der Waals surface area (Å²) in [4.78, 5) is 78.6. The average Bonchev–Trinajstić information content (AvgIpc) is 2.81. The summed E-state index contributed by atoms with van der Waals surface area (Å²) in [6, 6.07) is 0. The highest BCUT2D eigenvalue weighted by Crippen LogP contribution is 2.26. The fourth-order valence-corrected chi connectivity index (χ4v) is 3.52. The van der Waals surface area contributed by atoms with Gasteiger partial charge in [0.2, 0.25) is 0 Å². The molecule has 0 unspecified atom stereocenters. The topological polar surface area (TPSA) is 213 Å². The highest BCUT2D eigenvalue weighted by Gasteiger charge is 2.31. The van der Waals surface area contributed by atoms with Crippen LogP contribution in [-0.4, -0.2) is 63.0 Å². The second-order valence-corrected chi connectivity index (χ2v) is 10.5. The first-order valence-electron chi connectivity index (χ1n) is 13.2. The van der Waals surface area contributed by atoms with Gasteiger partial charge in [0.25, 0.3) is 0 Å². The van der Waals surface area contributed by atoms with Gasteiger partial charge in [0, 0.05) is 54.5 Å². The van der Waals surface area contributed by atoms with E-state index in [4.69, 9.17) is 21.1 Å². The number of carbonyl (C=O) groups excluding carboxylic acids is 6. The molecule has 0 aliphatic heterocycles. The average molecular weight is 576 g/mol. The third kappa shape index (κ3) is 29.8. The van der Waals surface area contributed by atoms with E-state index in [0.717, 1.165) is 7.05 Å². The van der Waals surface area contributed by atoms with Crippen LogP contribution in [0.2, 0.25) is 0 Å². The molecular formula is C27H49N3O10. The highest BCUT2D eigenvalue weighted by atomic mass is 17.2. The summed E-state index contributed by atoms with van der Waals surface area (Å²) in [5.41, 5.74) is 7.34. The molecule has 0 fully saturated rings. The minimum Gasteiger partial charge on any atom is -0.325 e. The lowest BCUT2D eigenvalue weighted by Crippen LogP contribution is -2.45. The van der Waals surface area contributed by atoms with Gasteiger partial charge in [-0.3, -0.25) is 10.1 Å². The van der Waals surface area contributed by atoms with E-state index < -0.39 is 16.0 Å². The molecule has 0 aromatic rings. The molecule has 0 rings (SSSR count). The van der Waals surface area contributed by atoms with Crippen LogP contribution in [0.3, 0.4) is 0 Å². The lowest BCUT2D eigenvalue weighted by Gasteiger charge is -2.32. The van der Waals surface area contributed by atoms with Gasteiger partial charge in [0.1, 0.15) is 34.7 Å². The zero-order chi connectivity index (χ0) is 31.9. The van der Waals surface area contributed by atoms with Crippen molar-refractivity contribution in [2.75, 3.05) is 7.05 Å². The molecule has 4 N–H and O–H groups in total. The molecule has 0 saturated heterocycles. The first-order chi connectivity index (χ1) is 18.3. The van der Waals surface area contributed by atoms with Crippen LogP contribution in [0.15, 0.2) is 0 Å². The minimum absolute atomic E-state index is 0.00904. The van der Waals surface area contributed by atoms with Gasteiger partial charge in [-0.05, 0) is 80.1 Å². The van der Waals surface area contributed by atoms with Crippen molar-refractivity contribution in [2.45, 2.75) is 130 Å². The van der Waals surface area contributed by atoms with Crippen LogP contribution < -0.4 is 11.2 Å². The number of hydroxylamine groups is 1. The standard InChI is InChI=1S/C13H23NO5.C13H23NO3.CH3NO2/c1-10(15)4-7-13(14-19-18,8-5-11(2)16)9-6-12(3)17;1-10(15)4-7-13(14,8-5-11(2)16)9-6-12(3)17;1-2(3)4/h14,18H,4-9H2,1-3H3;4-9,14H2,1-3H3;1H3. The van der Waals surface area contributed by atoms with Gasteiger partial charge in [0.05, 0.1) is 0 Å². The number of carbonyl (C=O) groups is 6. The van der Waals surface area contributed by atoms with E-state index in [1.54, 1.807) is 0 Å². The summed E-state index contributed by atoms with van der Waals surface area (Å²) in [5.74, 6) is 0.292. The van der Waals surface area contributed by atoms with Crippen LogP contribution >= 0.6 is 0 Å². The summed E-state index contributed by atoms with van der Waals surface area (Å²) in [5, 5.41) is 17.4.